The molecule has 0 aliphatic rings. The highest BCUT2D eigenvalue weighted by Crippen LogP contribution is 2.31. The molecule has 0 saturated carbocycles. The van der Waals surface area contributed by atoms with Crippen LogP contribution >= 0.6 is 23.2 Å². The molecule has 2 aromatic rings. The molecular weight excluding hydrogens is 287 g/mol. The van der Waals surface area contributed by atoms with Gasteiger partial charge in [0.15, 0.2) is 6.29 Å². The van der Waals surface area contributed by atoms with Gasteiger partial charge < -0.3 is 9.30 Å². The maximum atomic E-state index is 11.0. The SMILES string of the molecule is Cn1ccnc1CCOc1c(Cl)cc(Cl)cc1C=O. The number of carbonyl (C=O) groups excluding carboxylic acids is 1. The smallest absolute Gasteiger partial charge is 0.153 e. The van der Waals surface area contributed by atoms with Crippen molar-refractivity contribution in [2.24, 2.45) is 7.05 Å². The molecule has 0 saturated heterocycles. The molecule has 1 aromatic heterocycles. The first-order valence-electron chi connectivity index (χ1n) is 5.65. The van der Waals surface area contributed by atoms with Crippen LogP contribution in [-0.4, -0.2) is 22.4 Å². The van der Waals surface area contributed by atoms with E-state index < -0.39 is 0 Å². The van der Waals surface area contributed by atoms with Gasteiger partial charge in [0.1, 0.15) is 11.6 Å². The van der Waals surface area contributed by atoms with Crippen molar-refractivity contribution in [1.82, 2.24) is 9.55 Å². The zero-order valence-electron chi connectivity index (χ0n) is 10.3. The molecule has 0 fully saturated rings. The average Bonchev–Trinajstić information content (AvgIpc) is 2.77. The van der Waals surface area contributed by atoms with Crippen molar-refractivity contribution in [3.63, 3.8) is 0 Å². The van der Waals surface area contributed by atoms with E-state index in [0.29, 0.717) is 40.7 Å². The van der Waals surface area contributed by atoms with Crippen LogP contribution in [0.1, 0.15) is 16.2 Å². The lowest BCUT2D eigenvalue weighted by Crippen LogP contribution is -2.07. The van der Waals surface area contributed by atoms with Crippen LogP contribution in [0.25, 0.3) is 0 Å². The van der Waals surface area contributed by atoms with Crippen molar-refractivity contribution in [1.29, 1.82) is 0 Å². The van der Waals surface area contributed by atoms with Gasteiger partial charge in [-0.05, 0) is 12.1 Å². The number of aryl methyl sites for hydroxylation is 1. The second-order valence-electron chi connectivity index (χ2n) is 3.98. The van der Waals surface area contributed by atoms with Gasteiger partial charge in [-0.3, -0.25) is 4.79 Å². The summed E-state index contributed by atoms with van der Waals surface area (Å²) in [7, 11) is 1.91. The number of aldehydes is 1. The summed E-state index contributed by atoms with van der Waals surface area (Å²) in [5.74, 6) is 1.26. The number of ether oxygens (including phenoxy) is 1. The van der Waals surface area contributed by atoms with Crippen molar-refractivity contribution in [3.05, 3.63) is 46.0 Å². The van der Waals surface area contributed by atoms with Crippen LogP contribution in [0.4, 0.5) is 0 Å². The van der Waals surface area contributed by atoms with Crippen LogP contribution in [0.5, 0.6) is 5.75 Å². The Morgan fingerprint density at radius 1 is 1.42 bits per heavy atom. The van der Waals surface area contributed by atoms with Crippen LogP contribution in [0, 0.1) is 0 Å². The van der Waals surface area contributed by atoms with E-state index in [1.165, 1.54) is 6.07 Å². The molecular formula is C13H12Cl2N2O2. The summed E-state index contributed by atoms with van der Waals surface area (Å²) in [4.78, 5) is 15.1. The topological polar surface area (TPSA) is 44.1 Å². The predicted octanol–water partition coefficient (Wildman–Crippen LogP) is 3.16. The number of nitrogens with zero attached hydrogens (tertiary/aromatic N) is 2. The summed E-state index contributed by atoms with van der Waals surface area (Å²) < 4.78 is 7.48. The molecule has 4 nitrogen and oxygen atoms in total. The standard InChI is InChI=1S/C13H12Cl2N2O2/c1-17-4-3-16-12(17)2-5-19-13-9(8-18)6-10(14)7-11(13)15/h3-4,6-8H,2,5H2,1H3. The molecule has 0 radical (unpaired) electrons. The minimum Gasteiger partial charge on any atom is -0.491 e. The quantitative estimate of drug-likeness (QED) is 0.797. The first-order chi connectivity index (χ1) is 9.11. The van der Waals surface area contributed by atoms with Crippen LogP contribution in [-0.2, 0) is 13.5 Å². The average molecular weight is 299 g/mol. The summed E-state index contributed by atoms with van der Waals surface area (Å²) in [5.41, 5.74) is 0.345. The maximum Gasteiger partial charge on any atom is 0.153 e. The fourth-order valence-electron chi connectivity index (χ4n) is 1.70. The third-order valence-electron chi connectivity index (χ3n) is 2.66. The van der Waals surface area contributed by atoms with Gasteiger partial charge in [0.25, 0.3) is 0 Å². The molecule has 6 heteroatoms. The van der Waals surface area contributed by atoms with Crippen molar-refractivity contribution in [2.75, 3.05) is 6.61 Å². The number of rotatable bonds is 5. The van der Waals surface area contributed by atoms with Gasteiger partial charge >= 0.3 is 0 Å². The molecule has 2 rings (SSSR count). The van der Waals surface area contributed by atoms with E-state index in [4.69, 9.17) is 27.9 Å². The predicted molar refractivity (Wildman–Crippen MR) is 74.3 cm³/mol. The summed E-state index contributed by atoms with van der Waals surface area (Å²) >= 11 is 11.8. The molecule has 1 heterocycles. The molecule has 0 spiro atoms. The minimum atomic E-state index is 0.328. The zero-order chi connectivity index (χ0) is 13.8. The van der Waals surface area contributed by atoms with Crippen molar-refractivity contribution >= 4 is 29.5 Å². The van der Waals surface area contributed by atoms with Gasteiger partial charge in [-0.1, -0.05) is 23.2 Å². The lowest BCUT2D eigenvalue weighted by molar-refractivity contribution is 0.111. The van der Waals surface area contributed by atoms with Gasteiger partial charge in [-0.2, -0.15) is 0 Å². The number of carbonyl (C=O) groups is 1. The Labute approximate surface area is 120 Å². The highest BCUT2D eigenvalue weighted by molar-refractivity contribution is 6.36. The van der Waals surface area contributed by atoms with Crippen LogP contribution in [0.2, 0.25) is 10.0 Å². The van der Waals surface area contributed by atoms with Gasteiger partial charge in [-0.25, -0.2) is 4.98 Å². The number of imidazole rings is 1. The van der Waals surface area contributed by atoms with Crippen molar-refractivity contribution in [3.8, 4) is 5.75 Å². The Morgan fingerprint density at radius 3 is 2.84 bits per heavy atom. The molecule has 1 aromatic carbocycles. The highest BCUT2D eigenvalue weighted by atomic mass is 35.5. The van der Waals surface area contributed by atoms with Crippen molar-refractivity contribution < 1.29 is 9.53 Å². The normalized spacial score (nSPS) is 10.5. The van der Waals surface area contributed by atoms with E-state index in [9.17, 15) is 4.79 Å². The molecule has 100 valence electrons. The molecule has 0 bridgehead atoms. The lowest BCUT2D eigenvalue weighted by atomic mass is 10.2. The van der Waals surface area contributed by atoms with E-state index in [0.717, 1.165) is 5.82 Å². The monoisotopic (exact) mass is 298 g/mol. The summed E-state index contributed by atoms with van der Waals surface area (Å²) in [5, 5.41) is 0.734. The number of halogens is 2. The highest BCUT2D eigenvalue weighted by Gasteiger charge is 2.10. The number of aromatic nitrogens is 2. The van der Waals surface area contributed by atoms with E-state index in [1.807, 2.05) is 17.8 Å². The maximum absolute atomic E-state index is 11.0. The van der Waals surface area contributed by atoms with E-state index in [2.05, 4.69) is 4.98 Å². The molecule has 0 unspecified atom stereocenters. The van der Waals surface area contributed by atoms with Crippen LogP contribution in [0.15, 0.2) is 24.5 Å². The number of hydrogen-bond acceptors (Lipinski definition) is 3. The third-order valence-corrected chi connectivity index (χ3v) is 3.16. The van der Waals surface area contributed by atoms with Crippen molar-refractivity contribution in [2.45, 2.75) is 6.42 Å². The minimum absolute atomic E-state index is 0.328. The Morgan fingerprint density at radius 2 is 2.21 bits per heavy atom. The fraction of sp³-hybridized carbons (Fsp3) is 0.231. The van der Waals surface area contributed by atoms with Gasteiger partial charge in [0, 0.05) is 30.9 Å². The molecule has 0 atom stereocenters. The number of benzene rings is 1. The molecule has 0 amide bonds. The summed E-state index contributed by atoms with van der Waals surface area (Å²) in [6.45, 7) is 0.382. The second kappa shape index (κ2) is 6.08. The Kier molecular flexibility index (Phi) is 4.45. The summed E-state index contributed by atoms with van der Waals surface area (Å²) in [6, 6.07) is 3.07. The Hall–Kier alpha value is -1.52. The largest absolute Gasteiger partial charge is 0.491 e. The third kappa shape index (κ3) is 3.28. The molecule has 19 heavy (non-hydrogen) atoms. The summed E-state index contributed by atoms with van der Waals surface area (Å²) in [6.07, 6.45) is 4.89. The van der Waals surface area contributed by atoms with E-state index in [1.54, 1.807) is 12.3 Å². The van der Waals surface area contributed by atoms with Crippen LogP contribution < -0.4 is 4.74 Å². The Bertz CT molecular complexity index is 596. The van der Waals surface area contributed by atoms with Crippen LogP contribution in [0.3, 0.4) is 0 Å². The second-order valence-corrected chi connectivity index (χ2v) is 4.82. The first-order valence-corrected chi connectivity index (χ1v) is 6.40. The number of hydrogen-bond donors (Lipinski definition) is 0. The Balaban J connectivity index is 2.07. The van der Waals surface area contributed by atoms with Gasteiger partial charge in [0.2, 0.25) is 0 Å². The van der Waals surface area contributed by atoms with E-state index in [-0.39, 0.29) is 0 Å². The first kappa shape index (κ1) is 13.9. The molecule has 0 aliphatic heterocycles. The fourth-order valence-corrected chi connectivity index (χ4v) is 2.27. The van der Waals surface area contributed by atoms with E-state index >= 15 is 0 Å². The van der Waals surface area contributed by atoms with Gasteiger partial charge in [-0.15, -0.1) is 0 Å². The molecule has 0 N–H and O–H groups in total. The van der Waals surface area contributed by atoms with Gasteiger partial charge in [0.05, 0.1) is 17.2 Å². The molecule has 0 aliphatic carbocycles. The lowest BCUT2D eigenvalue weighted by Gasteiger charge is -2.10. The zero-order valence-corrected chi connectivity index (χ0v) is 11.8.